The number of hydrogen-bond acceptors (Lipinski definition) is 3. The molecule has 100 valence electrons. The van der Waals surface area contributed by atoms with Gasteiger partial charge in [0.25, 0.3) is 0 Å². The minimum Gasteiger partial charge on any atom is -0.322 e. The molecule has 0 radical (unpaired) electrons. The summed E-state index contributed by atoms with van der Waals surface area (Å²) in [6, 6.07) is 4.68. The molecule has 0 bridgehead atoms. The summed E-state index contributed by atoms with van der Waals surface area (Å²) < 4.78 is 0. The van der Waals surface area contributed by atoms with Gasteiger partial charge in [-0.1, -0.05) is 12.8 Å². The molecule has 2 nitrogen and oxygen atoms in total. The summed E-state index contributed by atoms with van der Waals surface area (Å²) in [6.07, 6.45) is 8.02. The maximum atomic E-state index is 6.70. The fourth-order valence-corrected chi connectivity index (χ4v) is 4.85. The van der Waals surface area contributed by atoms with Gasteiger partial charge in [-0.3, -0.25) is 4.90 Å². The molecule has 1 aromatic rings. The first-order valence-corrected chi connectivity index (χ1v) is 8.11. The van der Waals surface area contributed by atoms with Gasteiger partial charge < -0.3 is 5.73 Å². The van der Waals surface area contributed by atoms with Crippen LogP contribution in [0.3, 0.4) is 0 Å². The van der Waals surface area contributed by atoms with Crippen LogP contribution < -0.4 is 5.73 Å². The first-order chi connectivity index (χ1) is 8.72. The molecule has 3 rings (SSSR count). The van der Waals surface area contributed by atoms with Crippen molar-refractivity contribution in [2.75, 3.05) is 13.1 Å². The van der Waals surface area contributed by atoms with Gasteiger partial charge in [-0.2, -0.15) is 0 Å². The Kier molecular flexibility index (Phi) is 3.48. The van der Waals surface area contributed by atoms with Crippen molar-refractivity contribution in [1.82, 2.24) is 4.90 Å². The highest BCUT2D eigenvalue weighted by atomic mass is 32.1. The molecule has 1 aliphatic carbocycles. The normalized spacial score (nSPS) is 25.7. The molecule has 0 aromatic carbocycles. The van der Waals surface area contributed by atoms with Gasteiger partial charge in [0.05, 0.1) is 6.04 Å². The van der Waals surface area contributed by atoms with Gasteiger partial charge in [-0.15, -0.1) is 11.3 Å². The third kappa shape index (κ3) is 2.02. The Balaban J connectivity index is 1.88. The van der Waals surface area contributed by atoms with E-state index < -0.39 is 0 Å². The topological polar surface area (TPSA) is 29.3 Å². The molecule has 2 heterocycles. The predicted molar refractivity (Wildman–Crippen MR) is 78.0 cm³/mol. The molecule has 1 aliphatic heterocycles. The van der Waals surface area contributed by atoms with E-state index in [2.05, 4.69) is 24.0 Å². The van der Waals surface area contributed by atoms with Gasteiger partial charge in [0, 0.05) is 15.3 Å². The molecule has 1 atom stereocenters. The second kappa shape index (κ2) is 4.95. The summed E-state index contributed by atoms with van der Waals surface area (Å²) in [6.45, 7) is 4.70. The van der Waals surface area contributed by atoms with Crippen LogP contribution in [0.15, 0.2) is 12.1 Å². The lowest BCUT2D eigenvalue weighted by molar-refractivity contribution is 0.0934. The van der Waals surface area contributed by atoms with Crippen molar-refractivity contribution in [2.24, 2.45) is 5.73 Å². The largest absolute Gasteiger partial charge is 0.322 e. The third-order valence-corrected chi connectivity index (χ3v) is 5.94. The molecule has 1 aromatic heterocycles. The van der Waals surface area contributed by atoms with Crippen LogP contribution in [0, 0.1) is 6.92 Å². The fourth-order valence-electron chi connectivity index (χ4n) is 3.86. The highest BCUT2D eigenvalue weighted by Gasteiger charge is 2.46. The van der Waals surface area contributed by atoms with Gasteiger partial charge in [0.15, 0.2) is 0 Å². The second-order valence-electron chi connectivity index (χ2n) is 5.93. The smallest absolute Gasteiger partial charge is 0.0576 e. The molecular formula is C15H24N2S. The minimum absolute atomic E-state index is 0.219. The van der Waals surface area contributed by atoms with E-state index in [4.69, 9.17) is 5.73 Å². The van der Waals surface area contributed by atoms with E-state index in [9.17, 15) is 0 Å². The highest BCUT2D eigenvalue weighted by molar-refractivity contribution is 7.12. The monoisotopic (exact) mass is 264 g/mol. The van der Waals surface area contributed by atoms with Gasteiger partial charge in [0.1, 0.15) is 0 Å². The summed E-state index contributed by atoms with van der Waals surface area (Å²) in [4.78, 5) is 5.48. The lowest BCUT2D eigenvalue weighted by atomic mass is 9.86. The highest BCUT2D eigenvalue weighted by Crippen LogP contribution is 2.45. The van der Waals surface area contributed by atoms with Gasteiger partial charge in [-0.25, -0.2) is 0 Å². The van der Waals surface area contributed by atoms with Gasteiger partial charge >= 0.3 is 0 Å². The van der Waals surface area contributed by atoms with Gasteiger partial charge in [-0.05, 0) is 57.8 Å². The van der Waals surface area contributed by atoms with Crippen molar-refractivity contribution in [2.45, 2.75) is 57.0 Å². The molecule has 1 saturated heterocycles. The van der Waals surface area contributed by atoms with Crippen LogP contribution in [0.2, 0.25) is 0 Å². The Hall–Kier alpha value is -0.380. The third-order valence-electron chi connectivity index (χ3n) is 4.85. The number of aryl methyl sites for hydroxylation is 1. The van der Waals surface area contributed by atoms with Crippen LogP contribution in [0.25, 0.3) is 0 Å². The second-order valence-corrected chi connectivity index (χ2v) is 7.25. The standard InChI is InChI=1S/C15H24N2S/c1-12-6-7-13(18-12)14(16)15(8-2-3-9-15)17-10-4-5-11-17/h6-7,14H,2-5,8-11,16H2,1H3. The van der Waals surface area contributed by atoms with E-state index in [0.29, 0.717) is 0 Å². The van der Waals surface area contributed by atoms with Crippen molar-refractivity contribution >= 4 is 11.3 Å². The maximum Gasteiger partial charge on any atom is 0.0576 e. The summed E-state index contributed by atoms with van der Waals surface area (Å²) in [5.74, 6) is 0. The molecule has 2 aliphatic rings. The number of nitrogens with zero attached hydrogens (tertiary/aromatic N) is 1. The Bertz CT molecular complexity index is 400. The predicted octanol–water partition coefficient (Wildman–Crippen LogP) is 3.46. The van der Waals surface area contributed by atoms with E-state index in [1.807, 2.05) is 11.3 Å². The molecular weight excluding hydrogens is 240 g/mol. The molecule has 2 fully saturated rings. The summed E-state index contributed by atoms with van der Waals surface area (Å²) >= 11 is 1.89. The number of thiophene rings is 1. The average molecular weight is 264 g/mol. The number of nitrogens with two attached hydrogens (primary N) is 1. The number of rotatable bonds is 3. The van der Waals surface area contributed by atoms with Crippen molar-refractivity contribution in [3.63, 3.8) is 0 Å². The Morgan fingerprint density at radius 2 is 1.83 bits per heavy atom. The zero-order chi connectivity index (χ0) is 12.6. The zero-order valence-corrected chi connectivity index (χ0v) is 12.1. The van der Waals surface area contributed by atoms with Crippen molar-refractivity contribution in [1.29, 1.82) is 0 Å². The van der Waals surface area contributed by atoms with Crippen LogP contribution in [-0.4, -0.2) is 23.5 Å². The van der Waals surface area contributed by atoms with Crippen LogP contribution in [0.1, 0.15) is 54.3 Å². The van der Waals surface area contributed by atoms with Crippen molar-refractivity contribution in [3.05, 3.63) is 21.9 Å². The summed E-state index contributed by atoms with van der Waals surface area (Å²) in [7, 11) is 0. The molecule has 0 spiro atoms. The molecule has 3 heteroatoms. The minimum atomic E-state index is 0.219. The van der Waals surface area contributed by atoms with Gasteiger partial charge in [0.2, 0.25) is 0 Å². The van der Waals surface area contributed by atoms with Crippen LogP contribution in [-0.2, 0) is 0 Å². The van der Waals surface area contributed by atoms with E-state index in [1.54, 1.807) is 0 Å². The molecule has 1 saturated carbocycles. The van der Waals surface area contributed by atoms with Crippen LogP contribution >= 0.6 is 11.3 Å². The first-order valence-electron chi connectivity index (χ1n) is 7.29. The summed E-state index contributed by atoms with van der Waals surface area (Å²) in [5.41, 5.74) is 6.97. The Morgan fingerprint density at radius 1 is 1.17 bits per heavy atom. The zero-order valence-electron chi connectivity index (χ0n) is 11.3. The lowest BCUT2D eigenvalue weighted by Gasteiger charge is -2.43. The maximum absolute atomic E-state index is 6.70. The van der Waals surface area contributed by atoms with Crippen molar-refractivity contribution in [3.8, 4) is 0 Å². The van der Waals surface area contributed by atoms with E-state index in [0.717, 1.165) is 0 Å². The Labute approximate surface area is 114 Å². The molecule has 18 heavy (non-hydrogen) atoms. The van der Waals surface area contributed by atoms with E-state index in [-0.39, 0.29) is 11.6 Å². The van der Waals surface area contributed by atoms with Crippen molar-refractivity contribution < 1.29 is 0 Å². The first kappa shape index (κ1) is 12.6. The van der Waals surface area contributed by atoms with Crippen LogP contribution in [0.5, 0.6) is 0 Å². The molecule has 1 unspecified atom stereocenters. The van der Waals surface area contributed by atoms with E-state index in [1.165, 1.54) is 61.4 Å². The number of likely N-dealkylation sites (tertiary alicyclic amines) is 1. The molecule has 0 amide bonds. The Morgan fingerprint density at radius 3 is 2.39 bits per heavy atom. The summed E-state index contributed by atoms with van der Waals surface area (Å²) in [5, 5.41) is 0. The van der Waals surface area contributed by atoms with Crippen LogP contribution in [0.4, 0.5) is 0 Å². The fraction of sp³-hybridized carbons (Fsp3) is 0.733. The van der Waals surface area contributed by atoms with E-state index >= 15 is 0 Å². The quantitative estimate of drug-likeness (QED) is 0.906. The SMILES string of the molecule is Cc1ccc(C(N)C2(N3CCCC3)CCCC2)s1. The average Bonchev–Trinajstić information content (AvgIpc) is 3.09. The molecule has 2 N–H and O–H groups in total. The number of hydrogen-bond donors (Lipinski definition) is 1. The lowest BCUT2D eigenvalue weighted by Crippen LogP contribution is -2.52.